The molecule has 2 aliphatic rings. The van der Waals surface area contributed by atoms with Gasteiger partial charge in [-0.3, -0.25) is 9.59 Å². The molecule has 4 rings (SSSR count). The van der Waals surface area contributed by atoms with Crippen LogP contribution in [-0.2, 0) is 22.3 Å². The number of ketones is 1. The summed E-state index contributed by atoms with van der Waals surface area (Å²) in [5.41, 5.74) is 1.33. The van der Waals surface area contributed by atoms with Gasteiger partial charge in [0.05, 0.1) is 36.5 Å². The zero-order valence-corrected chi connectivity index (χ0v) is 20.3. The van der Waals surface area contributed by atoms with Gasteiger partial charge in [-0.05, 0) is 48.6 Å². The highest BCUT2D eigenvalue weighted by Crippen LogP contribution is 2.35. The van der Waals surface area contributed by atoms with Gasteiger partial charge in [-0.2, -0.15) is 0 Å². The van der Waals surface area contributed by atoms with Crippen LogP contribution in [-0.4, -0.2) is 62.5 Å². The zero-order chi connectivity index (χ0) is 25.7. The average molecular weight is 504 g/mol. The summed E-state index contributed by atoms with van der Waals surface area (Å²) in [6.07, 6.45) is 1.64. The van der Waals surface area contributed by atoms with Crippen LogP contribution in [0.3, 0.4) is 0 Å². The highest BCUT2D eigenvalue weighted by molar-refractivity contribution is 5.96. The van der Waals surface area contributed by atoms with E-state index < -0.39 is 29.7 Å². The van der Waals surface area contributed by atoms with E-state index >= 15 is 4.39 Å². The number of hydrogen-bond donors (Lipinski definition) is 2. The van der Waals surface area contributed by atoms with Crippen molar-refractivity contribution >= 4 is 11.7 Å². The molecule has 9 heteroatoms. The Morgan fingerprint density at radius 1 is 1.17 bits per heavy atom. The summed E-state index contributed by atoms with van der Waals surface area (Å²) in [6, 6.07) is 5.31. The quantitative estimate of drug-likeness (QED) is 0.382. The van der Waals surface area contributed by atoms with Crippen molar-refractivity contribution in [3.8, 4) is 5.75 Å². The molecule has 1 amide bonds. The topological polar surface area (TPSA) is 94.1 Å². The molecule has 0 saturated carbocycles. The van der Waals surface area contributed by atoms with Gasteiger partial charge in [0.15, 0.2) is 5.78 Å². The predicted molar refractivity (Wildman–Crippen MR) is 128 cm³/mol. The van der Waals surface area contributed by atoms with E-state index in [1.54, 1.807) is 13.2 Å². The number of methoxy groups -OCH3 is 1. The first-order valence-electron chi connectivity index (χ1n) is 12.2. The lowest BCUT2D eigenvalue weighted by Gasteiger charge is -2.28. The van der Waals surface area contributed by atoms with Crippen molar-refractivity contribution in [3.63, 3.8) is 0 Å². The molecule has 2 aromatic carbocycles. The summed E-state index contributed by atoms with van der Waals surface area (Å²) < 4.78 is 45.8. The molecule has 1 saturated heterocycles. The fraction of sp³-hybridized carbons (Fsp3) is 0.481. The molecule has 0 bridgehead atoms. The molecule has 2 N–H and O–H groups in total. The predicted octanol–water partition coefficient (Wildman–Crippen LogP) is 3.37. The summed E-state index contributed by atoms with van der Waals surface area (Å²) in [6.45, 7) is 1.33. The Morgan fingerprint density at radius 2 is 2.00 bits per heavy atom. The minimum absolute atomic E-state index is 0.0341. The Kier molecular flexibility index (Phi) is 8.66. The number of nitrogens with one attached hydrogen (secondary N) is 1. The molecule has 0 radical (unpaired) electrons. The molecule has 7 nitrogen and oxygen atoms in total. The Balaban J connectivity index is 1.53. The number of halogens is 2. The SMILES string of the molecule is COCCCCC(=O)c1ccc(Cc2cc(C(=O)N[C@H]3CCOC[C@@H]3O)c(F)c3c2OCC3)cc1F. The van der Waals surface area contributed by atoms with Gasteiger partial charge >= 0.3 is 0 Å². The third-order valence-electron chi connectivity index (χ3n) is 6.60. The van der Waals surface area contributed by atoms with E-state index in [0.717, 1.165) is 6.42 Å². The largest absolute Gasteiger partial charge is 0.493 e. The fourth-order valence-corrected chi connectivity index (χ4v) is 4.63. The summed E-state index contributed by atoms with van der Waals surface area (Å²) in [5.74, 6) is -1.79. The molecule has 0 aromatic heterocycles. The first kappa shape index (κ1) is 26.2. The van der Waals surface area contributed by atoms with Crippen molar-refractivity contribution in [2.45, 2.75) is 50.7 Å². The van der Waals surface area contributed by atoms with E-state index in [0.29, 0.717) is 54.9 Å². The van der Waals surface area contributed by atoms with E-state index in [2.05, 4.69) is 5.32 Å². The number of unbranched alkanes of at least 4 members (excludes halogenated alkanes) is 1. The van der Waals surface area contributed by atoms with Gasteiger partial charge in [-0.25, -0.2) is 8.78 Å². The Hall–Kier alpha value is -2.88. The second-order valence-electron chi connectivity index (χ2n) is 9.18. The standard InChI is InChI=1S/C27H31F2NO6/c1-34-9-3-2-4-23(31)18-6-5-16(13-21(18)28)12-17-14-20(25(29)19-7-11-36-26(17)19)27(33)30-22-8-10-35-15-24(22)32/h5-6,13-14,22,24,32H,2-4,7-12,15H2,1H3,(H,30,33)/t22-,24-/m0/s1. The van der Waals surface area contributed by atoms with E-state index in [1.165, 1.54) is 18.2 Å². The van der Waals surface area contributed by atoms with Crippen molar-refractivity contribution in [3.05, 3.63) is 63.7 Å². The number of carbonyl (C=O) groups excluding carboxylic acids is 2. The molecule has 0 unspecified atom stereocenters. The summed E-state index contributed by atoms with van der Waals surface area (Å²) in [5, 5.41) is 12.8. The fourth-order valence-electron chi connectivity index (χ4n) is 4.63. The number of rotatable bonds is 10. The van der Waals surface area contributed by atoms with Gasteiger partial charge in [0.1, 0.15) is 17.4 Å². The molecule has 2 aromatic rings. The van der Waals surface area contributed by atoms with Crippen LogP contribution in [0.25, 0.3) is 0 Å². The molecular weight excluding hydrogens is 472 g/mol. The monoisotopic (exact) mass is 503 g/mol. The first-order chi connectivity index (χ1) is 17.4. The number of ether oxygens (including phenoxy) is 3. The van der Waals surface area contributed by atoms with Crippen LogP contribution in [0, 0.1) is 11.6 Å². The minimum atomic E-state index is -0.868. The zero-order valence-electron chi connectivity index (χ0n) is 20.3. The van der Waals surface area contributed by atoms with E-state index in [-0.39, 0.29) is 43.0 Å². The maximum absolute atomic E-state index is 15.2. The van der Waals surface area contributed by atoms with Crippen molar-refractivity contribution in [2.75, 3.05) is 33.5 Å². The van der Waals surface area contributed by atoms with Crippen LogP contribution in [0.4, 0.5) is 8.78 Å². The summed E-state index contributed by atoms with van der Waals surface area (Å²) in [7, 11) is 1.59. The van der Waals surface area contributed by atoms with Crippen molar-refractivity contribution in [1.29, 1.82) is 0 Å². The molecule has 0 spiro atoms. The third-order valence-corrected chi connectivity index (χ3v) is 6.60. The molecular formula is C27H31F2NO6. The van der Waals surface area contributed by atoms with Crippen molar-refractivity contribution in [2.24, 2.45) is 0 Å². The Morgan fingerprint density at radius 3 is 2.75 bits per heavy atom. The Labute approximate surface area is 208 Å². The lowest BCUT2D eigenvalue weighted by Crippen LogP contribution is -2.48. The number of amides is 1. The van der Waals surface area contributed by atoms with Gasteiger partial charge in [0.25, 0.3) is 5.91 Å². The number of Topliss-reactive ketones (excluding diaryl/α,β-unsaturated/α-hetero) is 1. The number of benzene rings is 2. The van der Waals surface area contributed by atoms with Crippen LogP contribution in [0.5, 0.6) is 5.75 Å². The number of fused-ring (bicyclic) bond motifs is 1. The van der Waals surface area contributed by atoms with Crippen LogP contribution >= 0.6 is 0 Å². The van der Waals surface area contributed by atoms with Gasteiger partial charge in [0.2, 0.25) is 0 Å². The number of aliphatic hydroxyl groups is 1. The molecule has 2 heterocycles. The smallest absolute Gasteiger partial charge is 0.254 e. The third kappa shape index (κ3) is 5.91. The minimum Gasteiger partial charge on any atom is -0.493 e. The normalized spacial score (nSPS) is 19.0. The lowest BCUT2D eigenvalue weighted by atomic mass is 9.95. The van der Waals surface area contributed by atoms with Crippen LogP contribution in [0.15, 0.2) is 24.3 Å². The maximum atomic E-state index is 15.2. The molecule has 1 fully saturated rings. The first-order valence-corrected chi connectivity index (χ1v) is 12.2. The summed E-state index contributed by atoms with van der Waals surface area (Å²) >= 11 is 0. The number of hydrogen-bond acceptors (Lipinski definition) is 6. The maximum Gasteiger partial charge on any atom is 0.254 e. The Bertz CT molecular complexity index is 1120. The van der Waals surface area contributed by atoms with Crippen LogP contribution in [0.2, 0.25) is 0 Å². The highest BCUT2D eigenvalue weighted by atomic mass is 19.1. The molecule has 2 atom stereocenters. The van der Waals surface area contributed by atoms with Gasteiger partial charge in [0, 0.05) is 45.1 Å². The number of aliphatic hydroxyl groups excluding tert-OH is 1. The summed E-state index contributed by atoms with van der Waals surface area (Å²) in [4.78, 5) is 25.3. The van der Waals surface area contributed by atoms with Crippen molar-refractivity contribution < 1.29 is 37.7 Å². The van der Waals surface area contributed by atoms with Crippen LogP contribution in [0.1, 0.15) is 63.1 Å². The van der Waals surface area contributed by atoms with E-state index in [9.17, 15) is 19.1 Å². The second-order valence-corrected chi connectivity index (χ2v) is 9.18. The lowest BCUT2D eigenvalue weighted by molar-refractivity contribution is -0.0261. The van der Waals surface area contributed by atoms with Crippen molar-refractivity contribution in [1.82, 2.24) is 5.32 Å². The molecule has 0 aliphatic carbocycles. The van der Waals surface area contributed by atoms with Gasteiger partial charge in [-0.15, -0.1) is 0 Å². The highest BCUT2D eigenvalue weighted by Gasteiger charge is 2.30. The molecule has 2 aliphatic heterocycles. The molecule has 194 valence electrons. The number of carbonyl (C=O) groups is 2. The van der Waals surface area contributed by atoms with E-state index in [1.807, 2.05) is 0 Å². The van der Waals surface area contributed by atoms with Crippen LogP contribution < -0.4 is 10.1 Å². The molecule has 36 heavy (non-hydrogen) atoms. The second kappa shape index (κ2) is 11.9. The van der Waals surface area contributed by atoms with Gasteiger partial charge in [-0.1, -0.05) is 6.07 Å². The average Bonchev–Trinajstić information content (AvgIpc) is 3.36. The van der Waals surface area contributed by atoms with Gasteiger partial charge < -0.3 is 24.6 Å². The van der Waals surface area contributed by atoms with E-state index in [4.69, 9.17) is 14.2 Å².